The largest absolute Gasteiger partial charge is 0.487 e. The van der Waals surface area contributed by atoms with Gasteiger partial charge in [-0.3, -0.25) is 4.98 Å². The van der Waals surface area contributed by atoms with Gasteiger partial charge in [-0.1, -0.05) is 33.2 Å². The Kier molecular flexibility index (Phi) is 4.35. The predicted octanol–water partition coefficient (Wildman–Crippen LogP) is 2.52. The third-order valence-electron chi connectivity index (χ3n) is 2.45. The Morgan fingerprint density at radius 1 is 1.42 bits per heavy atom. The second-order valence-electron chi connectivity index (χ2n) is 3.78. The van der Waals surface area contributed by atoms with E-state index in [1.54, 1.807) is 12.3 Å². The van der Waals surface area contributed by atoms with Gasteiger partial charge in [0.25, 0.3) is 0 Å². The van der Waals surface area contributed by atoms with Crippen molar-refractivity contribution in [3.63, 3.8) is 0 Å². The molecular formula is C13H12BrN3O2. The quantitative estimate of drug-likeness (QED) is 0.392. The lowest BCUT2D eigenvalue weighted by Gasteiger charge is -2.10. The number of ether oxygens (including phenoxy) is 1. The van der Waals surface area contributed by atoms with E-state index < -0.39 is 0 Å². The number of oxime groups is 1. The fourth-order valence-electron chi connectivity index (χ4n) is 1.55. The van der Waals surface area contributed by atoms with Crippen molar-refractivity contribution in [1.82, 2.24) is 4.98 Å². The number of pyridine rings is 1. The van der Waals surface area contributed by atoms with Crippen molar-refractivity contribution in [2.24, 2.45) is 10.9 Å². The summed E-state index contributed by atoms with van der Waals surface area (Å²) in [6, 6.07) is 9.40. The first-order chi connectivity index (χ1) is 9.20. The first-order valence-electron chi connectivity index (χ1n) is 5.50. The monoisotopic (exact) mass is 321 g/mol. The lowest BCUT2D eigenvalue weighted by Crippen LogP contribution is -2.15. The number of halogens is 1. The van der Waals surface area contributed by atoms with Crippen molar-refractivity contribution in [3.05, 3.63) is 58.3 Å². The molecule has 0 aliphatic rings. The van der Waals surface area contributed by atoms with Crippen molar-refractivity contribution in [2.75, 3.05) is 0 Å². The van der Waals surface area contributed by atoms with Gasteiger partial charge in [-0.25, -0.2) is 0 Å². The molecule has 3 N–H and O–H groups in total. The molecule has 0 radical (unpaired) electrons. The third-order valence-corrected chi connectivity index (χ3v) is 2.94. The summed E-state index contributed by atoms with van der Waals surface area (Å²) in [6.07, 6.45) is 3.09. The average molecular weight is 322 g/mol. The maximum absolute atomic E-state index is 8.72. The molecule has 6 heteroatoms. The van der Waals surface area contributed by atoms with E-state index in [9.17, 15) is 0 Å². The standard InChI is InChI=1S/C13H12BrN3O2/c14-10-3-1-2-9(6-10)8-19-12-7-16-5-4-11(12)13(15)17-18/h1-7,18H,8H2,(H2,15,17). The maximum atomic E-state index is 8.72. The molecule has 98 valence electrons. The Balaban J connectivity index is 2.16. The van der Waals surface area contributed by atoms with E-state index >= 15 is 0 Å². The third kappa shape index (κ3) is 3.45. The number of hydrogen-bond donors (Lipinski definition) is 2. The predicted molar refractivity (Wildman–Crippen MR) is 75.2 cm³/mol. The second kappa shape index (κ2) is 6.19. The zero-order valence-corrected chi connectivity index (χ0v) is 11.5. The molecule has 0 aliphatic carbocycles. The van der Waals surface area contributed by atoms with Crippen molar-refractivity contribution in [2.45, 2.75) is 6.61 Å². The molecule has 5 nitrogen and oxygen atoms in total. The molecule has 0 atom stereocenters. The maximum Gasteiger partial charge on any atom is 0.173 e. The highest BCUT2D eigenvalue weighted by Crippen LogP contribution is 2.19. The van der Waals surface area contributed by atoms with E-state index in [-0.39, 0.29) is 5.84 Å². The molecule has 2 rings (SSSR count). The van der Waals surface area contributed by atoms with Crippen LogP contribution in [0.3, 0.4) is 0 Å². The van der Waals surface area contributed by atoms with Crippen LogP contribution in [0, 0.1) is 0 Å². The minimum atomic E-state index is -0.00774. The molecule has 0 amide bonds. The topological polar surface area (TPSA) is 80.7 Å². The molecule has 0 saturated heterocycles. The summed E-state index contributed by atoms with van der Waals surface area (Å²) in [6.45, 7) is 0.372. The summed E-state index contributed by atoms with van der Waals surface area (Å²) in [5.41, 5.74) is 7.08. The molecule has 0 saturated carbocycles. The van der Waals surface area contributed by atoms with Gasteiger partial charge in [0, 0.05) is 10.7 Å². The second-order valence-corrected chi connectivity index (χ2v) is 4.69. The van der Waals surface area contributed by atoms with Gasteiger partial charge >= 0.3 is 0 Å². The van der Waals surface area contributed by atoms with Crippen LogP contribution < -0.4 is 10.5 Å². The van der Waals surface area contributed by atoms with Crippen LogP contribution >= 0.6 is 15.9 Å². The zero-order valence-electron chi connectivity index (χ0n) is 9.95. The summed E-state index contributed by atoms with van der Waals surface area (Å²) in [5, 5.41) is 11.7. The minimum Gasteiger partial charge on any atom is -0.487 e. The van der Waals surface area contributed by atoms with Gasteiger partial charge in [-0.2, -0.15) is 0 Å². The van der Waals surface area contributed by atoms with Crippen molar-refractivity contribution in [3.8, 4) is 5.75 Å². The Bertz CT molecular complexity index is 602. The van der Waals surface area contributed by atoms with Gasteiger partial charge in [0.15, 0.2) is 5.84 Å². The Labute approximate surface area is 118 Å². The van der Waals surface area contributed by atoms with Gasteiger partial charge in [-0.05, 0) is 23.8 Å². The van der Waals surface area contributed by atoms with Gasteiger partial charge in [0.2, 0.25) is 0 Å². The van der Waals surface area contributed by atoms with E-state index in [1.165, 1.54) is 6.20 Å². The number of nitrogens with zero attached hydrogens (tertiary/aromatic N) is 2. The number of benzene rings is 1. The van der Waals surface area contributed by atoms with Gasteiger partial charge < -0.3 is 15.7 Å². The summed E-state index contributed by atoms with van der Waals surface area (Å²) >= 11 is 3.40. The zero-order chi connectivity index (χ0) is 13.7. The molecular weight excluding hydrogens is 310 g/mol. The van der Waals surface area contributed by atoms with Crippen LogP contribution in [-0.2, 0) is 6.61 Å². The van der Waals surface area contributed by atoms with Crippen LogP contribution in [0.2, 0.25) is 0 Å². The molecule has 0 fully saturated rings. The van der Waals surface area contributed by atoms with Crippen LogP contribution in [0.1, 0.15) is 11.1 Å². The highest BCUT2D eigenvalue weighted by molar-refractivity contribution is 9.10. The molecule has 1 aromatic heterocycles. The van der Waals surface area contributed by atoms with Crippen molar-refractivity contribution in [1.29, 1.82) is 0 Å². The normalized spacial score (nSPS) is 11.3. The first kappa shape index (κ1) is 13.4. The van der Waals surface area contributed by atoms with E-state index in [1.807, 2.05) is 24.3 Å². The van der Waals surface area contributed by atoms with Crippen LogP contribution in [0.4, 0.5) is 0 Å². The van der Waals surface area contributed by atoms with Gasteiger partial charge in [0.1, 0.15) is 12.4 Å². The lowest BCUT2D eigenvalue weighted by molar-refractivity contribution is 0.302. The smallest absolute Gasteiger partial charge is 0.173 e. The average Bonchev–Trinajstić information content (AvgIpc) is 2.45. The van der Waals surface area contributed by atoms with E-state index in [4.69, 9.17) is 15.7 Å². The number of aromatic nitrogens is 1. The Morgan fingerprint density at radius 2 is 2.26 bits per heavy atom. The van der Waals surface area contributed by atoms with Crippen LogP contribution in [0.5, 0.6) is 5.75 Å². The van der Waals surface area contributed by atoms with E-state index in [0.29, 0.717) is 17.9 Å². The summed E-state index contributed by atoms with van der Waals surface area (Å²) in [4.78, 5) is 3.97. The van der Waals surface area contributed by atoms with Crippen LogP contribution in [-0.4, -0.2) is 16.0 Å². The van der Waals surface area contributed by atoms with Crippen LogP contribution in [0.25, 0.3) is 0 Å². The molecule has 0 unspecified atom stereocenters. The fourth-order valence-corrected chi connectivity index (χ4v) is 1.99. The van der Waals surface area contributed by atoms with E-state index in [2.05, 4.69) is 26.1 Å². The molecule has 1 aromatic carbocycles. The number of amidine groups is 1. The molecule has 19 heavy (non-hydrogen) atoms. The number of hydrogen-bond acceptors (Lipinski definition) is 4. The fraction of sp³-hybridized carbons (Fsp3) is 0.0769. The summed E-state index contributed by atoms with van der Waals surface area (Å²) in [7, 11) is 0. The molecule has 2 aromatic rings. The molecule has 0 spiro atoms. The molecule has 0 aliphatic heterocycles. The molecule has 1 heterocycles. The number of nitrogens with two attached hydrogens (primary N) is 1. The van der Waals surface area contributed by atoms with Crippen molar-refractivity contribution >= 4 is 21.8 Å². The van der Waals surface area contributed by atoms with Gasteiger partial charge in [-0.15, -0.1) is 0 Å². The summed E-state index contributed by atoms with van der Waals surface area (Å²) in [5.74, 6) is 0.462. The minimum absolute atomic E-state index is 0.00774. The SMILES string of the molecule is N/C(=N/O)c1ccncc1OCc1cccc(Br)c1. The highest BCUT2D eigenvalue weighted by atomic mass is 79.9. The lowest BCUT2D eigenvalue weighted by atomic mass is 10.2. The van der Waals surface area contributed by atoms with E-state index in [0.717, 1.165) is 10.0 Å². The summed E-state index contributed by atoms with van der Waals surface area (Å²) < 4.78 is 6.63. The first-order valence-corrected chi connectivity index (χ1v) is 6.29. The highest BCUT2D eigenvalue weighted by Gasteiger charge is 2.08. The number of rotatable bonds is 4. The Hall–Kier alpha value is -2.08. The van der Waals surface area contributed by atoms with Gasteiger partial charge in [0.05, 0.1) is 11.8 Å². The van der Waals surface area contributed by atoms with Crippen LogP contribution in [0.15, 0.2) is 52.4 Å². The Morgan fingerprint density at radius 3 is 3.00 bits per heavy atom. The molecule has 0 bridgehead atoms. The van der Waals surface area contributed by atoms with Crippen molar-refractivity contribution < 1.29 is 9.94 Å².